The lowest BCUT2D eigenvalue weighted by Crippen LogP contribution is -2.40. The van der Waals surface area contributed by atoms with E-state index in [1.807, 2.05) is 24.3 Å². The van der Waals surface area contributed by atoms with Crippen LogP contribution >= 0.6 is 11.6 Å². The molecular weight excluding hydrogens is 500 g/mol. The molecule has 1 saturated carbocycles. The fraction of sp³-hybridized carbons (Fsp3) is 0.621. The molecule has 0 aromatic heterocycles. The molecule has 38 heavy (non-hydrogen) atoms. The van der Waals surface area contributed by atoms with Crippen LogP contribution in [0.25, 0.3) is 5.70 Å². The van der Waals surface area contributed by atoms with E-state index in [1.165, 1.54) is 31.5 Å². The summed E-state index contributed by atoms with van der Waals surface area (Å²) in [6, 6.07) is 7.77. The normalized spacial score (nSPS) is 29.1. The Kier molecular flexibility index (Phi) is 8.71. The molecule has 2 atom stereocenters. The summed E-state index contributed by atoms with van der Waals surface area (Å²) in [5.74, 6) is 4.22. The number of benzene rings is 1. The van der Waals surface area contributed by atoms with E-state index in [2.05, 4.69) is 36.1 Å². The smallest absolute Gasteiger partial charge is 0.190 e. The second kappa shape index (κ2) is 12.2. The Morgan fingerprint density at radius 2 is 1.95 bits per heavy atom. The van der Waals surface area contributed by atoms with E-state index in [0.29, 0.717) is 28.6 Å². The molecule has 0 bridgehead atoms. The predicted molar refractivity (Wildman–Crippen MR) is 154 cm³/mol. The molecule has 0 spiro atoms. The molecule has 9 heteroatoms. The van der Waals surface area contributed by atoms with Crippen molar-refractivity contribution in [3.63, 3.8) is 0 Å². The van der Waals surface area contributed by atoms with Gasteiger partial charge in [0, 0.05) is 36.3 Å². The van der Waals surface area contributed by atoms with Gasteiger partial charge in [-0.1, -0.05) is 50.4 Å². The third kappa shape index (κ3) is 6.08. The third-order valence-corrected chi connectivity index (χ3v) is 8.75. The van der Waals surface area contributed by atoms with Gasteiger partial charge in [0.25, 0.3) is 0 Å². The van der Waals surface area contributed by atoms with Gasteiger partial charge in [0.05, 0.1) is 17.4 Å². The standard InChI is InChI=1S/C29H41ClN6O2/c1-18-7-9-21(10-8-18)16-36-26(20(3)33-29(36)19(2)22-11-13-37-14-12-22)25(23-5-4-6-24(30)15-23)34-27(31)28-32-17-38-35-28/h4-6,15,18-22H,7-14,16-17H2,1-3H3,(H2,31,34)(H,32,35). The van der Waals surface area contributed by atoms with Gasteiger partial charge < -0.3 is 15.4 Å². The van der Waals surface area contributed by atoms with E-state index in [-0.39, 0.29) is 18.6 Å². The number of nitrogens with one attached hydrogen (secondary N) is 1. The van der Waals surface area contributed by atoms with Crippen LogP contribution in [0.1, 0.15) is 64.9 Å². The first kappa shape index (κ1) is 27.2. The van der Waals surface area contributed by atoms with Gasteiger partial charge >= 0.3 is 0 Å². The number of nitrogens with zero attached hydrogens (tertiary/aromatic N) is 4. The highest BCUT2D eigenvalue weighted by Crippen LogP contribution is 2.39. The van der Waals surface area contributed by atoms with Crippen molar-refractivity contribution in [2.24, 2.45) is 44.4 Å². The zero-order valence-corrected chi connectivity index (χ0v) is 23.6. The molecular formula is C29H41ClN6O2. The van der Waals surface area contributed by atoms with E-state index in [0.717, 1.165) is 55.5 Å². The first-order valence-electron chi connectivity index (χ1n) is 14.1. The lowest BCUT2D eigenvalue weighted by molar-refractivity contribution is 0.0571. The van der Waals surface area contributed by atoms with Gasteiger partial charge in [-0.3, -0.25) is 9.83 Å². The van der Waals surface area contributed by atoms with E-state index in [9.17, 15) is 0 Å². The Morgan fingerprint density at radius 1 is 1.18 bits per heavy atom. The first-order valence-corrected chi connectivity index (χ1v) is 14.5. The van der Waals surface area contributed by atoms with Gasteiger partial charge in [-0.25, -0.2) is 15.5 Å². The summed E-state index contributed by atoms with van der Waals surface area (Å²) in [6.07, 6.45) is 7.20. The van der Waals surface area contributed by atoms with Crippen LogP contribution in [0, 0.1) is 23.7 Å². The highest BCUT2D eigenvalue weighted by molar-refractivity contribution is 6.40. The van der Waals surface area contributed by atoms with Crippen molar-refractivity contribution in [3.8, 4) is 0 Å². The van der Waals surface area contributed by atoms with Crippen molar-refractivity contribution in [1.82, 2.24) is 10.4 Å². The Morgan fingerprint density at radius 3 is 2.63 bits per heavy atom. The number of hydroxylamine groups is 1. The highest BCUT2D eigenvalue weighted by Gasteiger charge is 2.38. The van der Waals surface area contributed by atoms with Crippen LogP contribution in [0.2, 0.25) is 5.02 Å². The molecule has 0 radical (unpaired) electrons. The average molecular weight is 541 g/mol. The van der Waals surface area contributed by atoms with Gasteiger partial charge in [-0.2, -0.15) is 0 Å². The second-order valence-electron chi connectivity index (χ2n) is 11.3. The number of amidine groups is 3. The molecule has 206 valence electrons. The lowest BCUT2D eigenvalue weighted by atomic mass is 9.82. The summed E-state index contributed by atoms with van der Waals surface area (Å²) in [7, 11) is 0. The number of halogens is 1. The molecule has 3 N–H and O–H groups in total. The minimum Gasteiger partial charge on any atom is -0.381 e. The topological polar surface area (TPSA) is 96.8 Å². The van der Waals surface area contributed by atoms with Crippen molar-refractivity contribution >= 4 is 34.8 Å². The summed E-state index contributed by atoms with van der Waals surface area (Å²) in [5.41, 5.74) is 12.0. The Labute approximate surface area is 231 Å². The van der Waals surface area contributed by atoms with Crippen molar-refractivity contribution < 1.29 is 9.57 Å². The number of nitrogens with two attached hydrogens (primary N) is 1. The maximum Gasteiger partial charge on any atom is 0.190 e. The monoisotopic (exact) mass is 540 g/mol. The van der Waals surface area contributed by atoms with E-state index in [1.54, 1.807) is 0 Å². The molecule has 1 aromatic rings. The average Bonchev–Trinajstić information content (AvgIpc) is 3.57. The van der Waals surface area contributed by atoms with E-state index >= 15 is 0 Å². The molecule has 0 amide bonds. The van der Waals surface area contributed by atoms with E-state index < -0.39 is 0 Å². The van der Waals surface area contributed by atoms with E-state index in [4.69, 9.17) is 36.9 Å². The number of hydrogen-bond acceptors (Lipinski definition) is 7. The fourth-order valence-corrected chi connectivity index (χ4v) is 6.39. The van der Waals surface area contributed by atoms with Crippen LogP contribution in [0.4, 0.5) is 0 Å². The summed E-state index contributed by atoms with van der Waals surface area (Å²) in [5, 5.41) is 0.657. The molecule has 3 heterocycles. The van der Waals surface area contributed by atoms with Crippen LogP contribution in [-0.4, -0.2) is 54.9 Å². The quantitative estimate of drug-likeness (QED) is 0.364. The van der Waals surface area contributed by atoms with Crippen molar-refractivity contribution in [3.05, 3.63) is 40.5 Å². The zero-order chi connectivity index (χ0) is 26.6. The Balaban J connectivity index is 1.58. The third-order valence-electron chi connectivity index (χ3n) is 8.52. The lowest BCUT2D eigenvalue weighted by Gasteiger charge is -2.36. The van der Waals surface area contributed by atoms with Gasteiger partial charge in [0.15, 0.2) is 18.4 Å². The Hall–Kier alpha value is -2.42. The van der Waals surface area contributed by atoms with Gasteiger partial charge in [0.1, 0.15) is 5.84 Å². The van der Waals surface area contributed by atoms with Crippen LogP contribution in [0.3, 0.4) is 0 Å². The molecule has 1 aromatic carbocycles. The first-order chi connectivity index (χ1) is 18.4. The molecule has 2 unspecified atom stereocenters. The van der Waals surface area contributed by atoms with Gasteiger partial charge in [-0.05, 0) is 62.5 Å². The molecule has 1 saturated heterocycles. The molecule has 3 aliphatic heterocycles. The highest BCUT2D eigenvalue weighted by atomic mass is 35.5. The van der Waals surface area contributed by atoms with Crippen LogP contribution in [0.5, 0.6) is 0 Å². The molecule has 2 fully saturated rings. The fourth-order valence-electron chi connectivity index (χ4n) is 6.20. The summed E-state index contributed by atoms with van der Waals surface area (Å²) < 4.78 is 5.68. The van der Waals surface area contributed by atoms with Crippen LogP contribution < -0.4 is 11.2 Å². The second-order valence-corrected chi connectivity index (χ2v) is 11.7. The number of aliphatic imine (C=N–C) groups is 3. The predicted octanol–water partition coefficient (Wildman–Crippen LogP) is 5.25. The molecule has 8 nitrogen and oxygen atoms in total. The summed E-state index contributed by atoms with van der Waals surface area (Å²) in [6.45, 7) is 9.69. The SMILES string of the molecule is CC1CCC(CN2C(C(C)C3CCOCC3)=NC(C)C2=C(N=C(N)C2=NCON2)c2cccc(Cl)c2)CC1. The number of hydrogen-bond donors (Lipinski definition) is 2. The molecule has 4 aliphatic rings. The maximum absolute atomic E-state index is 6.47. The molecule has 5 rings (SSSR count). The summed E-state index contributed by atoms with van der Waals surface area (Å²) in [4.78, 5) is 22.2. The van der Waals surface area contributed by atoms with Crippen LogP contribution in [0.15, 0.2) is 44.9 Å². The maximum atomic E-state index is 6.47. The van der Waals surface area contributed by atoms with Crippen molar-refractivity contribution in [1.29, 1.82) is 0 Å². The van der Waals surface area contributed by atoms with Crippen molar-refractivity contribution in [2.75, 3.05) is 26.5 Å². The zero-order valence-electron chi connectivity index (χ0n) is 22.8. The van der Waals surface area contributed by atoms with Crippen molar-refractivity contribution in [2.45, 2.75) is 65.3 Å². The molecule has 1 aliphatic carbocycles. The van der Waals surface area contributed by atoms with Gasteiger partial charge in [0.2, 0.25) is 0 Å². The summed E-state index contributed by atoms with van der Waals surface area (Å²) >= 11 is 6.47. The number of ether oxygens (including phenoxy) is 1. The Bertz CT molecular complexity index is 1120. The minimum atomic E-state index is -0.0601. The number of rotatable bonds is 7. The minimum absolute atomic E-state index is 0.0601. The van der Waals surface area contributed by atoms with Crippen LogP contribution in [-0.2, 0) is 9.57 Å². The van der Waals surface area contributed by atoms with Gasteiger partial charge in [-0.15, -0.1) is 0 Å². The largest absolute Gasteiger partial charge is 0.381 e.